The second-order valence-corrected chi connectivity index (χ2v) is 6.66. The molecule has 2 saturated heterocycles. The van der Waals surface area contributed by atoms with E-state index in [1.54, 1.807) is 0 Å². The van der Waals surface area contributed by atoms with Gasteiger partial charge in [0.15, 0.2) is 0 Å². The van der Waals surface area contributed by atoms with E-state index in [-0.39, 0.29) is 5.92 Å². The molecule has 0 aliphatic carbocycles. The molecule has 0 atom stereocenters. The predicted octanol–water partition coefficient (Wildman–Crippen LogP) is 2.79. The van der Waals surface area contributed by atoms with Crippen LogP contribution in [0.1, 0.15) is 32.1 Å². The van der Waals surface area contributed by atoms with Crippen molar-refractivity contribution in [1.29, 1.82) is 0 Å². The number of benzene rings is 1. The molecule has 0 spiro atoms. The molecule has 3 rings (SSSR count). The van der Waals surface area contributed by atoms with Gasteiger partial charge in [-0.15, -0.1) is 0 Å². The second kappa shape index (κ2) is 8.34. The Labute approximate surface area is 139 Å². The van der Waals surface area contributed by atoms with E-state index in [1.165, 1.54) is 19.3 Å². The lowest BCUT2D eigenvalue weighted by atomic mass is 9.94. The summed E-state index contributed by atoms with van der Waals surface area (Å²) < 4.78 is 5.76. The van der Waals surface area contributed by atoms with Crippen molar-refractivity contribution < 1.29 is 9.53 Å². The molecule has 2 heterocycles. The average molecular weight is 316 g/mol. The Morgan fingerprint density at radius 1 is 1.00 bits per heavy atom. The lowest BCUT2D eigenvalue weighted by Crippen LogP contribution is -2.45. The quantitative estimate of drug-likeness (QED) is 0.837. The second-order valence-electron chi connectivity index (χ2n) is 6.66. The molecule has 1 amide bonds. The van der Waals surface area contributed by atoms with E-state index < -0.39 is 0 Å². The molecular formula is C19H28N2O2. The van der Waals surface area contributed by atoms with Crippen molar-refractivity contribution in [3.63, 3.8) is 0 Å². The van der Waals surface area contributed by atoms with E-state index in [0.717, 1.165) is 57.9 Å². The van der Waals surface area contributed by atoms with E-state index in [1.807, 2.05) is 30.3 Å². The molecule has 2 aliphatic heterocycles. The topological polar surface area (TPSA) is 32.8 Å². The zero-order valence-electron chi connectivity index (χ0n) is 14.0. The third-order valence-electron chi connectivity index (χ3n) is 5.02. The van der Waals surface area contributed by atoms with Gasteiger partial charge in [0.05, 0.1) is 0 Å². The van der Waals surface area contributed by atoms with Gasteiger partial charge in [-0.3, -0.25) is 9.69 Å². The van der Waals surface area contributed by atoms with Gasteiger partial charge >= 0.3 is 0 Å². The third kappa shape index (κ3) is 4.71. The van der Waals surface area contributed by atoms with Crippen molar-refractivity contribution in [2.75, 3.05) is 39.3 Å². The van der Waals surface area contributed by atoms with Crippen molar-refractivity contribution in [2.24, 2.45) is 5.92 Å². The fourth-order valence-corrected chi connectivity index (χ4v) is 3.59. The van der Waals surface area contributed by atoms with Crippen molar-refractivity contribution >= 4 is 5.91 Å². The molecule has 0 bridgehead atoms. The smallest absolute Gasteiger partial charge is 0.225 e. The number of hydrogen-bond acceptors (Lipinski definition) is 3. The van der Waals surface area contributed by atoms with Gasteiger partial charge in [0.1, 0.15) is 12.4 Å². The summed E-state index contributed by atoms with van der Waals surface area (Å²) in [6.45, 7) is 5.65. The molecular weight excluding hydrogens is 288 g/mol. The zero-order valence-corrected chi connectivity index (χ0v) is 14.0. The van der Waals surface area contributed by atoms with Crippen LogP contribution in [-0.4, -0.2) is 55.0 Å². The Kier molecular flexibility index (Phi) is 5.92. The van der Waals surface area contributed by atoms with Gasteiger partial charge in [0, 0.05) is 25.6 Å². The van der Waals surface area contributed by atoms with Gasteiger partial charge in [0.25, 0.3) is 0 Å². The standard InChI is InChI=1S/C19H28N2O2/c22-19(21-11-5-2-6-12-21)17-9-13-20(14-10-17)15-16-23-18-7-3-1-4-8-18/h1,3-4,7-8,17H,2,5-6,9-16H2. The number of rotatable bonds is 5. The van der Waals surface area contributed by atoms with Gasteiger partial charge in [-0.25, -0.2) is 0 Å². The van der Waals surface area contributed by atoms with Gasteiger partial charge in [-0.1, -0.05) is 18.2 Å². The first-order valence-corrected chi connectivity index (χ1v) is 9.02. The molecule has 0 radical (unpaired) electrons. The molecule has 2 fully saturated rings. The maximum absolute atomic E-state index is 12.5. The van der Waals surface area contributed by atoms with Gasteiger partial charge in [0.2, 0.25) is 5.91 Å². The third-order valence-corrected chi connectivity index (χ3v) is 5.02. The van der Waals surface area contributed by atoms with Crippen LogP contribution in [0.4, 0.5) is 0 Å². The van der Waals surface area contributed by atoms with Crippen molar-refractivity contribution in [3.05, 3.63) is 30.3 Å². The van der Waals surface area contributed by atoms with Gasteiger partial charge in [-0.2, -0.15) is 0 Å². The van der Waals surface area contributed by atoms with Crippen molar-refractivity contribution in [1.82, 2.24) is 9.80 Å². The number of likely N-dealkylation sites (tertiary alicyclic amines) is 2. The highest BCUT2D eigenvalue weighted by atomic mass is 16.5. The lowest BCUT2D eigenvalue weighted by Gasteiger charge is -2.35. The number of ether oxygens (including phenoxy) is 1. The summed E-state index contributed by atoms with van der Waals surface area (Å²) in [5, 5.41) is 0. The first-order valence-electron chi connectivity index (χ1n) is 9.02. The van der Waals surface area contributed by atoms with Crippen LogP contribution in [0, 0.1) is 5.92 Å². The highest BCUT2D eigenvalue weighted by Gasteiger charge is 2.28. The van der Waals surface area contributed by atoms with E-state index >= 15 is 0 Å². The Morgan fingerprint density at radius 2 is 1.70 bits per heavy atom. The molecule has 2 aliphatic rings. The first kappa shape index (κ1) is 16.3. The van der Waals surface area contributed by atoms with E-state index in [0.29, 0.717) is 5.91 Å². The van der Waals surface area contributed by atoms with Crippen LogP contribution in [0.2, 0.25) is 0 Å². The number of para-hydroxylation sites is 1. The summed E-state index contributed by atoms with van der Waals surface area (Å²) in [4.78, 5) is 17.1. The average Bonchev–Trinajstić information content (AvgIpc) is 2.63. The fraction of sp³-hybridized carbons (Fsp3) is 0.632. The van der Waals surface area contributed by atoms with E-state index in [2.05, 4.69) is 9.80 Å². The number of hydrogen-bond donors (Lipinski definition) is 0. The van der Waals surface area contributed by atoms with E-state index in [9.17, 15) is 4.79 Å². The predicted molar refractivity (Wildman–Crippen MR) is 91.5 cm³/mol. The van der Waals surface area contributed by atoms with Crippen LogP contribution < -0.4 is 4.74 Å². The molecule has 4 nitrogen and oxygen atoms in total. The van der Waals surface area contributed by atoms with Crippen molar-refractivity contribution in [2.45, 2.75) is 32.1 Å². The maximum atomic E-state index is 12.5. The minimum atomic E-state index is 0.249. The molecule has 126 valence electrons. The molecule has 23 heavy (non-hydrogen) atoms. The minimum absolute atomic E-state index is 0.249. The van der Waals surface area contributed by atoms with Crippen LogP contribution in [0.25, 0.3) is 0 Å². The lowest BCUT2D eigenvalue weighted by molar-refractivity contribution is -0.138. The molecule has 4 heteroatoms. The largest absolute Gasteiger partial charge is 0.492 e. The highest BCUT2D eigenvalue weighted by Crippen LogP contribution is 2.21. The first-order chi connectivity index (χ1) is 11.3. The maximum Gasteiger partial charge on any atom is 0.225 e. The van der Waals surface area contributed by atoms with Crippen LogP contribution in [-0.2, 0) is 4.79 Å². The summed E-state index contributed by atoms with van der Waals surface area (Å²) in [7, 11) is 0. The number of carbonyl (C=O) groups is 1. The minimum Gasteiger partial charge on any atom is -0.492 e. The van der Waals surface area contributed by atoms with Crippen LogP contribution >= 0.6 is 0 Å². The Balaban J connectivity index is 1.36. The SMILES string of the molecule is O=C(C1CCN(CCOc2ccccc2)CC1)N1CCCCC1. The van der Waals surface area contributed by atoms with Crippen LogP contribution in [0.5, 0.6) is 5.75 Å². The normalized spacial score (nSPS) is 20.4. The van der Waals surface area contributed by atoms with E-state index in [4.69, 9.17) is 4.74 Å². The molecule has 0 saturated carbocycles. The summed E-state index contributed by atoms with van der Waals surface area (Å²) in [5.74, 6) is 1.59. The number of piperidine rings is 2. The zero-order chi connectivity index (χ0) is 15.9. The van der Waals surface area contributed by atoms with Crippen LogP contribution in [0.15, 0.2) is 30.3 Å². The summed E-state index contributed by atoms with van der Waals surface area (Å²) in [6, 6.07) is 9.96. The Morgan fingerprint density at radius 3 is 2.39 bits per heavy atom. The number of carbonyl (C=O) groups excluding carboxylic acids is 1. The number of amides is 1. The highest BCUT2D eigenvalue weighted by molar-refractivity contribution is 5.79. The van der Waals surface area contributed by atoms with Gasteiger partial charge < -0.3 is 9.64 Å². The molecule has 0 unspecified atom stereocenters. The van der Waals surface area contributed by atoms with Crippen molar-refractivity contribution in [3.8, 4) is 5.75 Å². The molecule has 1 aromatic carbocycles. The summed E-state index contributed by atoms with van der Waals surface area (Å²) >= 11 is 0. The monoisotopic (exact) mass is 316 g/mol. The fourth-order valence-electron chi connectivity index (χ4n) is 3.59. The molecule has 0 aromatic heterocycles. The number of nitrogens with zero attached hydrogens (tertiary/aromatic N) is 2. The summed E-state index contributed by atoms with van der Waals surface area (Å²) in [6.07, 6.45) is 5.65. The van der Waals surface area contributed by atoms with Crippen LogP contribution in [0.3, 0.4) is 0 Å². The molecule has 0 N–H and O–H groups in total. The Bertz CT molecular complexity index is 477. The Hall–Kier alpha value is -1.55. The van der Waals surface area contributed by atoms with Gasteiger partial charge in [-0.05, 0) is 57.3 Å². The molecule has 1 aromatic rings. The summed E-state index contributed by atoms with van der Waals surface area (Å²) in [5.41, 5.74) is 0.